The summed E-state index contributed by atoms with van der Waals surface area (Å²) in [7, 11) is -3.03. The van der Waals surface area contributed by atoms with E-state index in [1.165, 1.54) is 18.2 Å². The maximum Gasteiger partial charge on any atom is 0.242 e. The van der Waals surface area contributed by atoms with Gasteiger partial charge in [-0.15, -0.1) is 0 Å². The molecule has 1 aromatic rings. The molecule has 8 heteroatoms. The molecule has 1 aromatic carbocycles. The van der Waals surface area contributed by atoms with Gasteiger partial charge in [-0.2, -0.15) is 0 Å². The minimum Gasteiger partial charge on any atom is -0.374 e. The predicted octanol–water partition coefficient (Wildman–Crippen LogP) is 1.58. The van der Waals surface area contributed by atoms with Crippen molar-refractivity contribution in [3.05, 3.63) is 29.0 Å². The summed E-state index contributed by atoms with van der Waals surface area (Å²) in [6.45, 7) is 1.63. The van der Waals surface area contributed by atoms with Crippen LogP contribution >= 0.6 is 11.6 Å². The van der Waals surface area contributed by atoms with Gasteiger partial charge in [0.05, 0.1) is 16.5 Å². The Labute approximate surface area is 127 Å². The third-order valence-electron chi connectivity index (χ3n) is 3.27. The van der Waals surface area contributed by atoms with Crippen molar-refractivity contribution in [2.45, 2.75) is 25.4 Å². The van der Waals surface area contributed by atoms with Crippen LogP contribution in [-0.2, 0) is 14.6 Å². The van der Waals surface area contributed by atoms with Crippen molar-refractivity contribution in [1.29, 1.82) is 0 Å². The van der Waals surface area contributed by atoms with E-state index in [9.17, 15) is 17.6 Å². The lowest BCUT2D eigenvalue weighted by Crippen LogP contribution is -2.43. The Morgan fingerprint density at radius 3 is 2.76 bits per heavy atom. The SMILES string of the molecule is C[C@H](Nc1ccc(F)c(Cl)c1)C(=O)N[C@H]1CCS(=O)(=O)C1. The van der Waals surface area contributed by atoms with Crippen LogP contribution in [0.25, 0.3) is 0 Å². The van der Waals surface area contributed by atoms with Crippen molar-refractivity contribution in [3.63, 3.8) is 0 Å². The van der Waals surface area contributed by atoms with Crippen LogP contribution in [0.15, 0.2) is 18.2 Å². The molecule has 2 N–H and O–H groups in total. The van der Waals surface area contributed by atoms with Crippen LogP contribution in [-0.4, -0.2) is 37.9 Å². The van der Waals surface area contributed by atoms with Crippen molar-refractivity contribution in [2.75, 3.05) is 16.8 Å². The van der Waals surface area contributed by atoms with E-state index in [0.717, 1.165) is 0 Å². The van der Waals surface area contributed by atoms with Crippen LogP contribution in [0.1, 0.15) is 13.3 Å². The summed E-state index contributed by atoms with van der Waals surface area (Å²) in [6, 6.07) is 3.14. The number of rotatable bonds is 4. The van der Waals surface area contributed by atoms with E-state index in [2.05, 4.69) is 10.6 Å². The number of halogens is 2. The molecule has 1 amide bonds. The fraction of sp³-hybridized carbons (Fsp3) is 0.462. The summed E-state index contributed by atoms with van der Waals surface area (Å²) in [4.78, 5) is 12.0. The first-order chi connectivity index (χ1) is 9.77. The molecule has 1 saturated heterocycles. The van der Waals surface area contributed by atoms with Crippen LogP contribution in [0.3, 0.4) is 0 Å². The van der Waals surface area contributed by atoms with Gasteiger partial charge in [-0.05, 0) is 31.5 Å². The van der Waals surface area contributed by atoms with Gasteiger partial charge in [0, 0.05) is 11.7 Å². The number of sulfone groups is 1. The van der Waals surface area contributed by atoms with Crippen molar-refractivity contribution in [2.24, 2.45) is 0 Å². The highest BCUT2D eigenvalue weighted by atomic mass is 35.5. The zero-order chi connectivity index (χ0) is 15.6. The molecular weight excluding hydrogens is 319 g/mol. The number of amides is 1. The Kier molecular flexibility index (Phi) is 4.73. The van der Waals surface area contributed by atoms with Crippen LogP contribution < -0.4 is 10.6 Å². The van der Waals surface area contributed by atoms with Gasteiger partial charge < -0.3 is 10.6 Å². The molecule has 116 valence electrons. The van der Waals surface area contributed by atoms with Crippen molar-refractivity contribution in [3.8, 4) is 0 Å². The second-order valence-corrected chi connectivity index (χ2v) is 7.74. The number of hydrogen-bond acceptors (Lipinski definition) is 4. The summed E-state index contributed by atoms with van der Waals surface area (Å²) in [5.41, 5.74) is 0.517. The minimum absolute atomic E-state index is 0.0200. The Hall–Kier alpha value is -1.34. The summed E-state index contributed by atoms with van der Waals surface area (Å²) in [5.74, 6) is -0.755. The molecule has 1 fully saturated rings. The molecule has 1 aliphatic heterocycles. The van der Waals surface area contributed by atoms with E-state index < -0.39 is 21.7 Å². The molecule has 0 unspecified atom stereocenters. The highest BCUT2D eigenvalue weighted by molar-refractivity contribution is 7.91. The van der Waals surface area contributed by atoms with Crippen LogP contribution in [0.5, 0.6) is 0 Å². The van der Waals surface area contributed by atoms with Gasteiger partial charge >= 0.3 is 0 Å². The summed E-state index contributed by atoms with van der Waals surface area (Å²) in [5, 5.41) is 5.55. The predicted molar refractivity (Wildman–Crippen MR) is 79.7 cm³/mol. The molecule has 1 aliphatic rings. The largest absolute Gasteiger partial charge is 0.374 e. The van der Waals surface area contributed by atoms with E-state index in [0.29, 0.717) is 12.1 Å². The Balaban J connectivity index is 1.92. The van der Waals surface area contributed by atoms with Crippen molar-refractivity contribution < 1.29 is 17.6 Å². The lowest BCUT2D eigenvalue weighted by molar-refractivity contribution is -0.122. The summed E-state index contributed by atoms with van der Waals surface area (Å²) >= 11 is 5.66. The molecule has 0 saturated carbocycles. The van der Waals surface area contributed by atoms with E-state index in [4.69, 9.17) is 11.6 Å². The van der Waals surface area contributed by atoms with Gasteiger partial charge in [-0.25, -0.2) is 12.8 Å². The summed E-state index contributed by atoms with van der Waals surface area (Å²) < 4.78 is 35.7. The lowest BCUT2D eigenvalue weighted by atomic mass is 10.2. The first-order valence-electron chi connectivity index (χ1n) is 6.49. The van der Waals surface area contributed by atoms with E-state index >= 15 is 0 Å². The number of hydrogen-bond donors (Lipinski definition) is 2. The van der Waals surface area contributed by atoms with Crippen LogP contribution in [0, 0.1) is 5.82 Å². The van der Waals surface area contributed by atoms with Crippen molar-refractivity contribution >= 4 is 33.0 Å². The quantitative estimate of drug-likeness (QED) is 0.876. The topological polar surface area (TPSA) is 75.3 Å². The number of carbonyl (C=O) groups excluding carboxylic acids is 1. The highest BCUT2D eigenvalue weighted by Gasteiger charge is 2.29. The lowest BCUT2D eigenvalue weighted by Gasteiger charge is -2.18. The monoisotopic (exact) mass is 334 g/mol. The van der Waals surface area contributed by atoms with Gasteiger partial charge in [0.25, 0.3) is 0 Å². The summed E-state index contributed by atoms with van der Waals surface area (Å²) in [6.07, 6.45) is 0.434. The number of anilines is 1. The molecule has 0 spiro atoms. The zero-order valence-electron chi connectivity index (χ0n) is 11.4. The first kappa shape index (κ1) is 16.0. The van der Waals surface area contributed by atoms with Gasteiger partial charge in [0.15, 0.2) is 9.84 Å². The average molecular weight is 335 g/mol. The molecule has 0 aromatic heterocycles. The van der Waals surface area contributed by atoms with Crippen LogP contribution in [0.4, 0.5) is 10.1 Å². The third-order valence-corrected chi connectivity index (χ3v) is 5.33. The van der Waals surface area contributed by atoms with Gasteiger partial charge in [0.1, 0.15) is 11.9 Å². The molecule has 0 aliphatic carbocycles. The van der Waals surface area contributed by atoms with Gasteiger partial charge in [-0.3, -0.25) is 4.79 Å². The maximum atomic E-state index is 13.0. The zero-order valence-corrected chi connectivity index (χ0v) is 13.0. The molecule has 21 heavy (non-hydrogen) atoms. The second-order valence-electron chi connectivity index (χ2n) is 5.10. The fourth-order valence-corrected chi connectivity index (χ4v) is 3.99. The number of carbonyl (C=O) groups is 1. The molecule has 0 bridgehead atoms. The van der Waals surface area contributed by atoms with Gasteiger partial charge in [0.2, 0.25) is 5.91 Å². The molecular formula is C13H16ClFN2O3S. The van der Waals surface area contributed by atoms with Gasteiger partial charge in [-0.1, -0.05) is 11.6 Å². The normalized spacial score (nSPS) is 21.8. The molecule has 1 heterocycles. The number of nitrogens with one attached hydrogen (secondary N) is 2. The third kappa shape index (κ3) is 4.31. The standard InChI is InChI=1S/C13H16ClFN2O3S/c1-8(16-9-2-3-12(15)11(14)6-9)13(18)17-10-4-5-21(19,20)7-10/h2-3,6,8,10,16H,4-5,7H2,1H3,(H,17,18)/t8-,10-/m0/s1. The first-order valence-corrected chi connectivity index (χ1v) is 8.69. The molecule has 2 rings (SSSR count). The smallest absolute Gasteiger partial charge is 0.242 e. The Morgan fingerprint density at radius 1 is 1.48 bits per heavy atom. The number of benzene rings is 1. The van der Waals surface area contributed by atoms with Crippen molar-refractivity contribution in [1.82, 2.24) is 5.32 Å². The Morgan fingerprint density at radius 2 is 2.19 bits per heavy atom. The molecule has 0 radical (unpaired) electrons. The minimum atomic E-state index is -3.03. The van der Waals surface area contributed by atoms with Crippen LogP contribution in [0.2, 0.25) is 5.02 Å². The van der Waals surface area contributed by atoms with E-state index in [1.807, 2.05) is 0 Å². The molecule has 2 atom stereocenters. The van der Waals surface area contributed by atoms with E-state index in [-0.39, 0.29) is 28.5 Å². The molecule has 5 nitrogen and oxygen atoms in total. The fourth-order valence-electron chi connectivity index (χ4n) is 2.14. The average Bonchev–Trinajstić information content (AvgIpc) is 2.73. The second kappa shape index (κ2) is 6.19. The maximum absolute atomic E-state index is 13.0. The highest BCUT2D eigenvalue weighted by Crippen LogP contribution is 2.20. The Bertz CT molecular complexity index is 651. The van der Waals surface area contributed by atoms with E-state index in [1.54, 1.807) is 6.92 Å².